The van der Waals surface area contributed by atoms with Crippen LogP contribution in [0.4, 0.5) is 0 Å². The molecule has 0 amide bonds. The van der Waals surface area contributed by atoms with E-state index in [0.717, 1.165) is 0 Å². The van der Waals surface area contributed by atoms with Crippen molar-refractivity contribution in [2.75, 3.05) is 6.61 Å². The molecule has 35 heavy (non-hydrogen) atoms. The molecule has 2 aromatic carbocycles. The number of esters is 1. The molecule has 0 unspecified atom stereocenters. The summed E-state index contributed by atoms with van der Waals surface area (Å²) in [6, 6.07) is 21.0. The normalized spacial score (nSPS) is 12.1. The molecule has 4 aromatic rings. The van der Waals surface area contributed by atoms with Gasteiger partial charge >= 0.3 is 5.97 Å². The molecule has 0 saturated carbocycles. The Labute approximate surface area is 211 Å². The fourth-order valence-corrected chi connectivity index (χ4v) is 9.24. The molecule has 0 N–H and O–H groups in total. The minimum Gasteiger partial charge on any atom is -0.458 e. The van der Waals surface area contributed by atoms with Crippen LogP contribution in [0.2, 0.25) is 10.2 Å². The van der Waals surface area contributed by atoms with Crippen molar-refractivity contribution in [1.29, 1.82) is 0 Å². The molecule has 0 aliphatic rings. The summed E-state index contributed by atoms with van der Waals surface area (Å²) in [5, 5.41) is 2.53. The van der Waals surface area contributed by atoms with Crippen LogP contribution < -0.4 is 10.4 Å². The van der Waals surface area contributed by atoms with Crippen molar-refractivity contribution >= 4 is 47.4 Å². The van der Waals surface area contributed by atoms with Gasteiger partial charge in [-0.1, -0.05) is 93.0 Å². The summed E-state index contributed by atoms with van der Waals surface area (Å²) in [5.41, 5.74) is 1.06. The van der Waals surface area contributed by atoms with E-state index in [1.165, 1.54) is 23.6 Å². The molecule has 0 atom stereocenters. The van der Waals surface area contributed by atoms with Gasteiger partial charge in [0.2, 0.25) is 0 Å². The minimum absolute atomic E-state index is 0.0151. The van der Waals surface area contributed by atoms with Gasteiger partial charge in [-0.25, -0.2) is 15.0 Å². The molecule has 2 heterocycles. The molecule has 0 spiro atoms. The van der Waals surface area contributed by atoms with Gasteiger partial charge in [-0.05, 0) is 15.4 Å². The fraction of sp³-hybridized carbons (Fsp3) is 0.308. The standard InChI is InChI=1S/C26H29ClN4O3Si/c1-19(32)33-17-22-30-23-24(27)28-18-29-25(23)31(22)15-16-34-35(26(2,3)4,20-11-7-5-8-12-20)21-13-9-6-10-14-21/h5-14,18H,15-17H2,1-4H3. The second-order valence-electron chi connectivity index (χ2n) is 9.31. The number of fused-ring (bicyclic) bond motifs is 1. The first-order valence-electron chi connectivity index (χ1n) is 11.5. The molecule has 9 heteroatoms. The summed E-state index contributed by atoms with van der Waals surface area (Å²) in [5.74, 6) is 0.160. The Balaban J connectivity index is 1.73. The van der Waals surface area contributed by atoms with E-state index in [4.69, 9.17) is 20.8 Å². The van der Waals surface area contributed by atoms with Crippen LogP contribution in [-0.2, 0) is 27.1 Å². The predicted octanol–water partition coefficient (Wildman–Crippen LogP) is 4.12. The van der Waals surface area contributed by atoms with Gasteiger partial charge in [-0.3, -0.25) is 4.79 Å². The number of hydrogen-bond acceptors (Lipinski definition) is 6. The SMILES string of the molecule is CC(=O)OCc1nc2c(Cl)ncnc2n1CCO[Si](c1ccccc1)(c1ccccc1)C(C)(C)C. The summed E-state index contributed by atoms with van der Waals surface area (Å²) in [4.78, 5) is 24.4. The highest BCUT2D eigenvalue weighted by atomic mass is 35.5. The Bertz CT molecular complexity index is 1270. The fourth-order valence-electron chi connectivity index (χ4n) is 4.52. The maximum Gasteiger partial charge on any atom is 0.303 e. The Hall–Kier alpha value is -3.07. The van der Waals surface area contributed by atoms with Crippen LogP contribution in [0.1, 0.15) is 33.5 Å². The highest BCUT2D eigenvalue weighted by molar-refractivity contribution is 6.99. The van der Waals surface area contributed by atoms with Gasteiger partial charge in [0.25, 0.3) is 8.32 Å². The van der Waals surface area contributed by atoms with Gasteiger partial charge in [-0.2, -0.15) is 0 Å². The Morgan fingerprint density at radius 1 is 1.00 bits per heavy atom. The van der Waals surface area contributed by atoms with Crippen LogP contribution in [0, 0.1) is 0 Å². The van der Waals surface area contributed by atoms with Crippen molar-refractivity contribution < 1.29 is 14.0 Å². The first-order valence-corrected chi connectivity index (χ1v) is 13.8. The molecule has 7 nitrogen and oxygen atoms in total. The van der Waals surface area contributed by atoms with Gasteiger partial charge in [-0.15, -0.1) is 0 Å². The summed E-state index contributed by atoms with van der Waals surface area (Å²) >= 11 is 6.27. The Kier molecular flexibility index (Phi) is 7.35. The van der Waals surface area contributed by atoms with E-state index >= 15 is 0 Å². The van der Waals surface area contributed by atoms with Crippen molar-refractivity contribution in [2.45, 2.75) is 45.9 Å². The lowest BCUT2D eigenvalue weighted by Gasteiger charge is -2.43. The Morgan fingerprint density at radius 3 is 2.14 bits per heavy atom. The van der Waals surface area contributed by atoms with E-state index in [1.807, 2.05) is 16.7 Å². The molecule has 2 aromatic heterocycles. The predicted molar refractivity (Wildman–Crippen MR) is 139 cm³/mol. The molecule has 0 saturated heterocycles. The van der Waals surface area contributed by atoms with Crippen LogP contribution >= 0.6 is 11.6 Å². The number of halogens is 1. The number of hydrogen-bond donors (Lipinski definition) is 0. The lowest BCUT2D eigenvalue weighted by atomic mass is 10.2. The topological polar surface area (TPSA) is 79.1 Å². The zero-order valence-corrected chi connectivity index (χ0v) is 22.1. The van der Waals surface area contributed by atoms with E-state index in [9.17, 15) is 4.79 Å². The van der Waals surface area contributed by atoms with Crippen LogP contribution in [0.15, 0.2) is 67.0 Å². The number of nitrogens with zero attached hydrogens (tertiary/aromatic N) is 4. The first-order chi connectivity index (χ1) is 16.7. The van der Waals surface area contributed by atoms with Crippen molar-refractivity contribution in [2.24, 2.45) is 0 Å². The highest BCUT2D eigenvalue weighted by Gasteiger charge is 2.50. The molecular formula is C26H29ClN4O3Si. The van der Waals surface area contributed by atoms with Crippen molar-refractivity contribution in [1.82, 2.24) is 19.5 Å². The number of ether oxygens (including phenoxy) is 1. The lowest BCUT2D eigenvalue weighted by Crippen LogP contribution is -2.66. The number of carbonyl (C=O) groups is 1. The zero-order chi connectivity index (χ0) is 25.1. The minimum atomic E-state index is -2.69. The zero-order valence-electron chi connectivity index (χ0n) is 20.4. The maximum atomic E-state index is 11.4. The summed E-state index contributed by atoms with van der Waals surface area (Å²) in [7, 11) is -2.69. The van der Waals surface area contributed by atoms with Gasteiger partial charge < -0.3 is 13.7 Å². The largest absolute Gasteiger partial charge is 0.458 e. The van der Waals surface area contributed by atoms with Crippen molar-refractivity contribution in [3.63, 3.8) is 0 Å². The second-order valence-corrected chi connectivity index (χ2v) is 14.0. The van der Waals surface area contributed by atoms with Crippen molar-refractivity contribution in [3.8, 4) is 0 Å². The van der Waals surface area contributed by atoms with Gasteiger partial charge in [0.1, 0.15) is 24.3 Å². The second kappa shape index (κ2) is 10.3. The van der Waals surface area contributed by atoms with Crippen LogP contribution in [-0.4, -0.2) is 40.4 Å². The number of rotatable bonds is 8. The summed E-state index contributed by atoms with van der Waals surface area (Å²) < 4.78 is 14.1. The molecule has 0 radical (unpaired) electrons. The van der Waals surface area contributed by atoms with Gasteiger partial charge in [0.15, 0.2) is 10.8 Å². The molecule has 0 aliphatic carbocycles. The number of benzene rings is 2. The lowest BCUT2D eigenvalue weighted by molar-refractivity contribution is -0.142. The third-order valence-electron chi connectivity index (χ3n) is 6.02. The smallest absolute Gasteiger partial charge is 0.303 e. The van der Waals surface area contributed by atoms with Crippen LogP contribution in [0.3, 0.4) is 0 Å². The average molecular weight is 509 g/mol. The van der Waals surface area contributed by atoms with Crippen LogP contribution in [0.5, 0.6) is 0 Å². The van der Waals surface area contributed by atoms with Crippen LogP contribution in [0.25, 0.3) is 11.2 Å². The van der Waals surface area contributed by atoms with E-state index in [0.29, 0.717) is 30.1 Å². The quantitative estimate of drug-likeness (QED) is 0.202. The molecule has 4 rings (SSSR count). The molecule has 0 bridgehead atoms. The average Bonchev–Trinajstić information content (AvgIpc) is 3.19. The number of aromatic nitrogens is 4. The van der Waals surface area contributed by atoms with E-state index < -0.39 is 8.32 Å². The number of imidazole rings is 1. The highest BCUT2D eigenvalue weighted by Crippen LogP contribution is 2.36. The van der Waals surface area contributed by atoms with E-state index in [-0.39, 0.29) is 22.8 Å². The molecular weight excluding hydrogens is 480 g/mol. The summed E-state index contributed by atoms with van der Waals surface area (Å²) in [6.45, 7) is 8.98. The van der Waals surface area contributed by atoms with Crippen molar-refractivity contribution in [3.05, 3.63) is 78.0 Å². The Morgan fingerprint density at radius 2 is 1.60 bits per heavy atom. The maximum absolute atomic E-state index is 11.4. The van der Waals surface area contributed by atoms with E-state index in [1.54, 1.807) is 0 Å². The first kappa shape index (κ1) is 25.0. The third-order valence-corrected chi connectivity index (χ3v) is 11.3. The number of carbonyl (C=O) groups excluding carboxylic acids is 1. The van der Waals surface area contributed by atoms with Gasteiger partial charge in [0.05, 0.1) is 6.61 Å². The monoisotopic (exact) mass is 508 g/mol. The van der Waals surface area contributed by atoms with E-state index in [2.05, 4.69) is 84.3 Å². The molecule has 0 aliphatic heterocycles. The third kappa shape index (κ3) is 5.00. The van der Waals surface area contributed by atoms with Gasteiger partial charge in [0, 0.05) is 13.5 Å². The molecule has 182 valence electrons. The molecule has 0 fully saturated rings. The summed E-state index contributed by atoms with van der Waals surface area (Å²) in [6.07, 6.45) is 1.40.